The van der Waals surface area contributed by atoms with Gasteiger partial charge in [0, 0.05) is 0 Å². The molecular weight excluding hydrogens is 416 g/mol. The van der Waals surface area contributed by atoms with Crippen molar-refractivity contribution >= 4 is 44.7 Å². The van der Waals surface area contributed by atoms with Crippen LogP contribution in [0.15, 0.2) is 103 Å². The Hall–Kier alpha value is -2.18. The zero-order valence-electron chi connectivity index (χ0n) is 16.2. The van der Waals surface area contributed by atoms with Gasteiger partial charge in [0.2, 0.25) is 0 Å². The van der Waals surface area contributed by atoms with E-state index >= 15 is 0 Å². The Morgan fingerprint density at radius 2 is 1.07 bits per heavy atom. The zero-order chi connectivity index (χ0) is 20.3. The second kappa shape index (κ2) is 7.92. The zero-order valence-corrected chi connectivity index (χ0v) is 18.6. The van der Waals surface area contributed by atoms with Gasteiger partial charge in [0.25, 0.3) is 0 Å². The van der Waals surface area contributed by atoms with Crippen LogP contribution in [0.25, 0.3) is 0 Å². The van der Waals surface area contributed by atoms with Crippen LogP contribution in [0, 0.1) is 6.92 Å². The molecular formula is C25H22Cl2NP. The molecule has 0 aliphatic heterocycles. The van der Waals surface area contributed by atoms with Crippen LogP contribution in [0.5, 0.6) is 0 Å². The number of hydrogen-bond acceptors (Lipinski definition) is 1. The molecule has 0 amide bonds. The monoisotopic (exact) mass is 437 g/mol. The Morgan fingerprint density at radius 3 is 1.45 bits per heavy atom. The fourth-order valence-electron chi connectivity index (χ4n) is 3.93. The number of benzene rings is 3. The Labute approximate surface area is 182 Å². The van der Waals surface area contributed by atoms with Crippen LogP contribution in [-0.4, -0.2) is 4.98 Å². The van der Waals surface area contributed by atoms with Gasteiger partial charge in [-0.15, -0.1) is 0 Å². The van der Waals surface area contributed by atoms with E-state index in [4.69, 9.17) is 22.8 Å². The normalized spacial score (nSPS) is 12.9. The number of pyridine rings is 1. The summed E-state index contributed by atoms with van der Waals surface area (Å²) in [6.45, 7) is 1.95. The fraction of sp³-hybridized carbons (Fsp3) is 0.0800. The molecule has 146 valence electrons. The molecule has 0 atom stereocenters. The molecule has 0 saturated heterocycles. The molecule has 1 aromatic heterocycles. The molecule has 29 heavy (non-hydrogen) atoms. The minimum atomic E-state index is -3.38. The molecule has 4 aromatic rings. The average Bonchev–Trinajstić information content (AvgIpc) is 2.78. The molecule has 3 aromatic carbocycles. The van der Waals surface area contributed by atoms with Gasteiger partial charge in [-0.25, -0.2) is 0 Å². The van der Waals surface area contributed by atoms with Gasteiger partial charge in [-0.2, -0.15) is 0 Å². The molecule has 0 unspecified atom stereocenters. The van der Waals surface area contributed by atoms with Crippen molar-refractivity contribution in [2.24, 2.45) is 0 Å². The van der Waals surface area contributed by atoms with Crippen molar-refractivity contribution in [3.05, 3.63) is 120 Å². The van der Waals surface area contributed by atoms with Crippen LogP contribution in [0.2, 0.25) is 5.15 Å². The molecule has 1 nitrogen and oxygen atoms in total. The number of aromatic nitrogens is 1. The minimum absolute atomic E-state index is 0.516. The number of nitrogens with zero attached hydrogens (tertiary/aromatic N) is 1. The summed E-state index contributed by atoms with van der Waals surface area (Å²) in [5.74, 6) is -3.38. The summed E-state index contributed by atoms with van der Waals surface area (Å²) < 4.78 is 0. The van der Waals surface area contributed by atoms with Crippen LogP contribution < -0.4 is 15.9 Å². The van der Waals surface area contributed by atoms with Crippen LogP contribution >= 0.6 is 28.8 Å². The van der Waals surface area contributed by atoms with E-state index in [1.165, 1.54) is 0 Å². The molecule has 0 fully saturated rings. The Balaban J connectivity index is 2.09. The van der Waals surface area contributed by atoms with Gasteiger partial charge >= 0.3 is 182 Å². The van der Waals surface area contributed by atoms with Crippen molar-refractivity contribution in [3.63, 3.8) is 0 Å². The summed E-state index contributed by atoms with van der Waals surface area (Å²) in [5.41, 5.74) is 1.86. The van der Waals surface area contributed by atoms with Crippen LogP contribution in [0.4, 0.5) is 0 Å². The van der Waals surface area contributed by atoms with E-state index in [1.807, 2.05) is 31.2 Å². The quantitative estimate of drug-likeness (QED) is 0.266. The van der Waals surface area contributed by atoms with E-state index in [2.05, 4.69) is 83.8 Å². The first-order chi connectivity index (χ1) is 14.0. The summed E-state index contributed by atoms with van der Waals surface area (Å²) in [6, 6.07) is 35.3. The predicted octanol–water partition coefficient (Wildman–Crippen LogP) is 6.23. The van der Waals surface area contributed by atoms with Gasteiger partial charge in [-0.3, -0.25) is 0 Å². The van der Waals surface area contributed by atoms with Gasteiger partial charge in [-0.1, -0.05) is 0 Å². The first-order valence-electron chi connectivity index (χ1n) is 9.54. The molecule has 4 rings (SSSR count). The van der Waals surface area contributed by atoms with Gasteiger partial charge in [-0.05, 0) is 0 Å². The summed E-state index contributed by atoms with van der Waals surface area (Å²) >= 11 is 14.7. The summed E-state index contributed by atoms with van der Waals surface area (Å²) in [4.78, 5) is 4.50. The maximum atomic E-state index is 8.06. The standard InChI is InChI=1S/C25H22Cl2NP/c1-20-17-18-21(25(26)28-20)19-29(27,22-11-5-2-6-12-22,23-13-7-3-8-14-23)24-15-9-4-10-16-24/h2-18H,19H2,1H3. The summed E-state index contributed by atoms with van der Waals surface area (Å²) in [5, 5.41) is 3.88. The Morgan fingerprint density at radius 1 is 0.655 bits per heavy atom. The average molecular weight is 438 g/mol. The third kappa shape index (κ3) is 3.49. The van der Waals surface area contributed by atoms with Crippen molar-refractivity contribution in [2.45, 2.75) is 13.1 Å². The maximum absolute atomic E-state index is 8.06. The van der Waals surface area contributed by atoms with Crippen molar-refractivity contribution in [1.29, 1.82) is 0 Å². The van der Waals surface area contributed by atoms with E-state index in [1.54, 1.807) is 0 Å². The molecule has 0 aliphatic rings. The Bertz CT molecular complexity index is 1020. The van der Waals surface area contributed by atoms with Crippen molar-refractivity contribution in [2.75, 3.05) is 0 Å². The number of aryl methyl sites for hydroxylation is 1. The van der Waals surface area contributed by atoms with Gasteiger partial charge in [0.1, 0.15) is 0 Å². The second-order valence-corrected chi connectivity index (χ2v) is 14.1. The van der Waals surface area contributed by atoms with Gasteiger partial charge < -0.3 is 0 Å². The number of hydrogen-bond donors (Lipinski definition) is 0. The van der Waals surface area contributed by atoms with Crippen molar-refractivity contribution in [3.8, 4) is 0 Å². The van der Waals surface area contributed by atoms with Crippen LogP contribution in [0.3, 0.4) is 0 Å². The molecule has 0 spiro atoms. The number of halogens is 2. The van der Waals surface area contributed by atoms with Gasteiger partial charge in [0.05, 0.1) is 0 Å². The molecule has 1 heterocycles. The molecule has 0 saturated carbocycles. The summed E-state index contributed by atoms with van der Waals surface area (Å²) in [7, 11) is 0. The third-order valence-electron chi connectivity index (χ3n) is 5.42. The van der Waals surface area contributed by atoms with Crippen molar-refractivity contribution in [1.82, 2.24) is 4.98 Å². The second-order valence-electron chi connectivity index (χ2n) is 7.25. The van der Waals surface area contributed by atoms with E-state index in [9.17, 15) is 0 Å². The molecule has 0 aliphatic carbocycles. The van der Waals surface area contributed by atoms with Crippen LogP contribution in [-0.2, 0) is 6.16 Å². The van der Waals surface area contributed by atoms with Crippen molar-refractivity contribution < 1.29 is 0 Å². The van der Waals surface area contributed by atoms with E-state index < -0.39 is 5.96 Å². The van der Waals surface area contributed by atoms with E-state index in [0.717, 1.165) is 27.2 Å². The van der Waals surface area contributed by atoms with E-state index in [-0.39, 0.29) is 0 Å². The first kappa shape index (κ1) is 20.1. The fourth-order valence-corrected chi connectivity index (χ4v) is 10.4. The van der Waals surface area contributed by atoms with Gasteiger partial charge in [0.15, 0.2) is 0 Å². The third-order valence-corrected chi connectivity index (χ3v) is 12.9. The van der Waals surface area contributed by atoms with E-state index in [0.29, 0.717) is 11.3 Å². The first-order valence-corrected chi connectivity index (χ1v) is 13.2. The SMILES string of the molecule is Cc1ccc(CP(Cl)(c2ccccc2)(c2ccccc2)c2ccccc2)c(Cl)n1. The topological polar surface area (TPSA) is 12.9 Å². The number of rotatable bonds is 5. The molecule has 0 N–H and O–H groups in total. The molecule has 0 radical (unpaired) electrons. The molecule has 4 heteroatoms. The predicted molar refractivity (Wildman–Crippen MR) is 129 cm³/mol. The van der Waals surface area contributed by atoms with Crippen LogP contribution in [0.1, 0.15) is 11.3 Å². The Kier molecular flexibility index (Phi) is 5.49. The molecule has 0 bridgehead atoms. The summed E-state index contributed by atoms with van der Waals surface area (Å²) in [6.07, 6.45) is 0.595.